The van der Waals surface area contributed by atoms with Crippen molar-refractivity contribution in [2.45, 2.75) is 39.3 Å². The second-order valence-electron chi connectivity index (χ2n) is 6.81. The molecule has 0 bridgehead atoms. The van der Waals surface area contributed by atoms with Gasteiger partial charge >= 0.3 is 5.97 Å². The topological polar surface area (TPSA) is 43.3 Å². The number of ether oxygens (including phenoxy) is 1. The maximum Gasteiger partial charge on any atom is 0.323 e. The Kier molecular flexibility index (Phi) is 9.02. The van der Waals surface area contributed by atoms with Crippen molar-refractivity contribution in [2.75, 3.05) is 7.11 Å². The van der Waals surface area contributed by atoms with Crippen LogP contribution in [0.2, 0.25) is 10.0 Å². The average molecular weight is 435 g/mol. The lowest BCUT2D eigenvalue weighted by Crippen LogP contribution is -2.42. The molecule has 1 N–H and O–H groups in total. The van der Waals surface area contributed by atoms with E-state index in [-0.39, 0.29) is 12.0 Å². The lowest BCUT2D eigenvalue weighted by Gasteiger charge is -2.23. The number of esters is 1. The Balaban J connectivity index is 0.000000228. The number of halogens is 2. The van der Waals surface area contributed by atoms with E-state index < -0.39 is 0 Å². The Morgan fingerprint density at radius 2 is 1.76 bits per heavy atom. The van der Waals surface area contributed by atoms with Gasteiger partial charge in [-0.2, -0.15) is 0 Å². The summed E-state index contributed by atoms with van der Waals surface area (Å²) in [6.45, 7) is 4.96. The molecule has 0 amide bonds. The molecule has 1 atom stereocenters. The molecule has 156 valence electrons. The maximum absolute atomic E-state index is 11.6. The van der Waals surface area contributed by atoms with Gasteiger partial charge in [-0.25, -0.2) is 0 Å². The molecule has 0 radical (unpaired) electrons. The zero-order chi connectivity index (χ0) is 21.4. The van der Waals surface area contributed by atoms with Gasteiger partial charge in [-0.15, -0.1) is 0 Å². The second kappa shape index (κ2) is 11.2. The number of nitrogens with one attached hydrogen (secondary N) is 1. The molecule has 0 saturated carbocycles. The quantitative estimate of drug-likeness (QED) is 0.493. The number of benzene rings is 2. The van der Waals surface area contributed by atoms with Crippen molar-refractivity contribution >= 4 is 40.1 Å². The second-order valence-corrected chi connectivity index (χ2v) is 7.68. The van der Waals surface area contributed by atoms with Crippen molar-refractivity contribution in [1.82, 2.24) is 9.88 Å². The van der Waals surface area contributed by atoms with E-state index in [9.17, 15) is 4.79 Å². The van der Waals surface area contributed by atoms with E-state index in [1.807, 2.05) is 18.2 Å². The Labute approximate surface area is 182 Å². The minimum Gasteiger partial charge on any atom is -0.468 e. The first kappa shape index (κ1) is 23.3. The van der Waals surface area contributed by atoms with Crippen LogP contribution in [0.25, 0.3) is 10.9 Å². The molecule has 6 heteroatoms. The maximum atomic E-state index is 11.6. The summed E-state index contributed by atoms with van der Waals surface area (Å²) in [5.74, 6) is -0.186. The molecule has 1 aliphatic rings. The van der Waals surface area contributed by atoms with Crippen LogP contribution < -0.4 is 5.32 Å². The van der Waals surface area contributed by atoms with Crippen molar-refractivity contribution in [3.05, 3.63) is 69.8 Å². The van der Waals surface area contributed by atoms with Gasteiger partial charge < -0.3 is 9.30 Å². The van der Waals surface area contributed by atoms with E-state index in [1.54, 1.807) is 18.2 Å². The van der Waals surface area contributed by atoms with Crippen molar-refractivity contribution in [1.29, 1.82) is 0 Å². The van der Waals surface area contributed by atoms with Gasteiger partial charge in [0.25, 0.3) is 0 Å². The van der Waals surface area contributed by atoms with Crippen molar-refractivity contribution in [3.63, 3.8) is 0 Å². The molecule has 3 aromatic rings. The van der Waals surface area contributed by atoms with Crippen molar-refractivity contribution in [3.8, 4) is 0 Å². The minimum atomic E-state index is -0.228. The van der Waals surface area contributed by atoms with Crippen LogP contribution in [0.1, 0.15) is 31.5 Å². The Hall–Kier alpha value is -2.01. The number of carbonyl (C=O) groups excluding carboxylic acids is 1. The fourth-order valence-corrected chi connectivity index (χ4v) is 3.68. The molecule has 4 nitrogen and oxygen atoms in total. The molecule has 0 saturated heterocycles. The Bertz CT molecular complexity index is 936. The summed E-state index contributed by atoms with van der Waals surface area (Å²) in [5, 5.41) is 5.83. The number of aromatic nitrogens is 1. The molecule has 29 heavy (non-hydrogen) atoms. The highest BCUT2D eigenvalue weighted by molar-refractivity contribution is 6.34. The first-order chi connectivity index (χ1) is 13.9. The van der Waals surface area contributed by atoms with E-state index in [4.69, 9.17) is 27.9 Å². The number of fused-ring (bicyclic) bond motifs is 3. The van der Waals surface area contributed by atoms with Crippen LogP contribution in [0, 0.1) is 0 Å². The molecule has 2 aromatic carbocycles. The van der Waals surface area contributed by atoms with Gasteiger partial charge in [-0.05, 0) is 29.8 Å². The normalized spacial score (nSPS) is 14.8. The van der Waals surface area contributed by atoms with Crippen LogP contribution in [-0.4, -0.2) is 23.7 Å². The fraction of sp³-hybridized carbons (Fsp3) is 0.348. The molecular weight excluding hydrogens is 407 g/mol. The van der Waals surface area contributed by atoms with Gasteiger partial charge in [-0.3, -0.25) is 10.1 Å². The third-order valence-corrected chi connectivity index (χ3v) is 5.01. The smallest absolute Gasteiger partial charge is 0.323 e. The lowest BCUT2D eigenvalue weighted by atomic mass is 9.98. The SMILES string of the molecule is CCC.COC(=O)C1Cc2c(n(C)c3ccccc23)CN1.Clc1cccc(Cl)c1. The summed E-state index contributed by atoms with van der Waals surface area (Å²) < 4.78 is 7.01. The van der Waals surface area contributed by atoms with Crippen LogP contribution >= 0.6 is 23.2 Å². The average Bonchev–Trinajstić information content (AvgIpc) is 3.00. The zero-order valence-electron chi connectivity index (χ0n) is 17.3. The molecule has 0 aliphatic carbocycles. The van der Waals surface area contributed by atoms with E-state index in [1.165, 1.54) is 35.7 Å². The van der Waals surface area contributed by atoms with E-state index >= 15 is 0 Å². The summed E-state index contributed by atoms with van der Waals surface area (Å²) in [7, 11) is 3.50. The molecule has 1 aliphatic heterocycles. The van der Waals surface area contributed by atoms with Crippen LogP contribution in [-0.2, 0) is 29.5 Å². The number of para-hydroxylation sites is 1. The predicted octanol–water partition coefficient (Wildman–Crippen LogP) is 5.78. The summed E-state index contributed by atoms with van der Waals surface area (Å²) in [5.41, 5.74) is 3.74. The van der Waals surface area contributed by atoms with E-state index in [0.29, 0.717) is 23.0 Å². The number of hydrogen-bond acceptors (Lipinski definition) is 3. The van der Waals surface area contributed by atoms with Gasteiger partial charge in [0.1, 0.15) is 6.04 Å². The number of aryl methyl sites for hydroxylation is 1. The lowest BCUT2D eigenvalue weighted by molar-refractivity contribution is -0.143. The largest absolute Gasteiger partial charge is 0.468 e. The molecule has 1 aromatic heterocycles. The van der Waals surface area contributed by atoms with Gasteiger partial charge in [0.05, 0.1) is 7.11 Å². The third kappa shape index (κ3) is 5.99. The standard InChI is InChI=1S/C14H16N2O2.C6H4Cl2.C3H8/c1-16-12-6-4-3-5-9(12)10-7-11(14(17)18-2)15-8-13(10)16;7-5-2-1-3-6(8)4-5;1-3-2/h3-6,11,15H,7-8H2,1-2H3;1-4H;3H2,1-2H3. The summed E-state index contributed by atoms with van der Waals surface area (Å²) in [6.07, 6.45) is 1.95. The van der Waals surface area contributed by atoms with Gasteiger partial charge in [0.15, 0.2) is 0 Å². The van der Waals surface area contributed by atoms with Crippen LogP contribution in [0.15, 0.2) is 48.5 Å². The van der Waals surface area contributed by atoms with Gasteiger partial charge in [0.2, 0.25) is 0 Å². The van der Waals surface area contributed by atoms with Gasteiger partial charge in [0, 0.05) is 46.7 Å². The highest BCUT2D eigenvalue weighted by Gasteiger charge is 2.28. The minimum absolute atomic E-state index is 0.186. The third-order valence-electron chi connectivity index (χ3n) is 4.54. The van der Waals surface area contributed by atoms with Crippen LogP contribution in [0.4, 0.5) is 0 Å². The number of methoxy groups -OCH3 is 1. The molecule has 1 unspecified atom stereocenters. The first-order valence-electron chi connectivity index (χ1n) is 9.70. The fourth-order valence-electron chi connectivity index (χ4n) is 3.24. The highest BCUT2D eigenvalue weighted by Crippen LogP contribution is 2.29. The van der Waals surface area contributed by atoms with E-state index in [0.717, 1.165) is 0 Å². The number of nitrogens with zero attached hydrogens (tertiary/aromatic N) is 1. The summed E-state index contributed by atoms with van der Waals surface area (Å²) >= 11 is 11.1. The van der Waals surface area contributed by atoms with Crippen LogP contribution in [0.5, 0.6) is 0 Å². The zero-order valence-corrected chi connectivity index (χ0v) is 18.8. The molecular formula is C23H28Cl2N2O2. The summed E-state index contributed by atoms with van der Waals surface area (Å²) in [6, 6.07) is 15.2. The number of hydrogen-bond donors (Lipinski definition) is 1. The Morgan fingerprint density at radius 3 is 2.31 bits per heavy atom. The monoisotopic (exact) mass is 434 g/mol. The highest BCUT2D eigenvalue weighted by atomic mass is 35.5. The summed E-state index contributed by atoms with van der Waals surface area (Å²) in [4.78, 5) is 11.6. The Morgan fingerprint density at radius 1 is 1.14 bits per heavy atom. The molecule has 0 fully saturated rings. The van der Waals surface area contributed by atoms with Crippen LogP contribution in [0.3, 0.4) is 0 Å². The van der Waals surface area contributed by atoms with Crippen molar-refractivity contribution < 1.29 is 9.53 Å². The first-order valence-corrected chi connectivity index (χ1v) is 10.5. The van der Waals surface area contributed by atoms with E-state index in [2.05, 4.69) is 42.9 Å². The van der Waals surface area contributed by atoms with Gasteiger partial charge in [-0.1, -0.05) is 67.7 Å². The predicted molar refractivity (Wildman–Crippen MR) is 122 cm³/mol. The number of rotatable bonds is 1. The molecule has 0 spiro atoms. The number of carbonyl (C=O) groups is 1. The molecule has 4 rings (SSSR count). The molecule has 2 heterocycles. The van der Waals surface area contributed by atoms with Crippen molar-refractivity contribution in [2.24, 2.45) is 7.05 Å².